The van der Waals surface area contributed by atoms with Gasteiger partial charge in [0, 0.05) is 29.8 Å². The molecule has 0 heterocycles. The maximum atomic E-state index is 11.6. The van der Waals surface area contributed by atoms with E-state index in [9.17, 15) is 19.7 Å². The van der Waals surface area contributed by atoms with E-state index in [2.05, 4.69) is 10.6 Å². The van der Waals surface area contributed by atoms with Gasteiger partial charge in [-0.15, -0.1) is 0 Å². The summed E-state index contributed by atoms with van der Waals surface area (Å²) in [5, 5.41) is 24.4. The molecular weight excluding hydrogens is 278 g/mol. The van der Waals surface area contributed by atoms with Crippen LogP contribution in [0.1, 0.15) is 12.8 Å². The highest BCUT2D eigenvalue weighted by molar-refractivity contribution is 6.39. The molecule has 112 valence electrons. The summed E-state index contributed by atoms with van der Waals surface area (Å²) < 4.78 is 0. The second kappa shape index (κ2) is 5.88. The first kappa shape index (κ1) is 14.9. The minimum absolute atomic E-state index is 0.0166. The number of benzene rings is 1. The lowest BCUT2D eigenvalue weighted by molar-refractivity contribution is -0.384. The van der Waals surface area contributed by atoms with Gasteiger partial charge in [0.1, 0.15) is 0 Å². The number of aliphatic hydroxyl groups is 1. The number of hydrogen-bond acceptors (Lipinski definition) is 5. The summed E-state index contributed by atoms with van der Waals surface area (Å²) in [4.78, 5) is 33.2. The van der Waals surface area contributed by atoms with Crippen LogP contribution in [0.2, 0.25) is 0 Å². The molecule has 0 saturated heterocycles. The second-order valence-electron chi connectivity index (χ2n) is 5.10. The van der Waals surface area contributed by atoms with Gasteiger partial charge >= 0.3 is 11.8 Å². The fourth-order valence-electron chi connectivity index (χ4n) is 1.77. The third-order valence-electron chi connectivity index (χ3n) is 3.46. The van der Waals surface area contributed by atoms with Crippen molar-refractivity contribution in [2.45, 2.75) is 12.8 Å². The molecule has 0 atom stereocenters. The summed E-state index contributed by atoms with van der Waals surface area (Å²) in [6, 6.07) is 5.16. The van der Waals surface area contributed by atoms with Gasteiger partial charge < -0.3 is 15.7 Å². The van der Waals surface area contributed by atoms with Gasteiger partial charge in [0.2, 0.25) is 0 Å². The molecule has 1 fully saturated rings. The van der Waals surface area contributed by atoms with E-state index in [0.717, 1.165) is 12.8 Å². The number of carbonyl (C=O) groups is 2. The zero-order valence-electron chi connectivity index (χ0n) is 11.2. The largest absolute Gasteiger partial charge is 0.396 e. The van der Waals surface area contributed by atoms with Crippen molar-refractivity contribution in [3.63, 3.8) is 0 Å². The van der Waals surface area contributed by atoms with Crippen molar-refractivity contribution in [2.75, 3.05) is 18.5 Å². The van der Waals surface area contributed by atoms with Crippen LogP contribution in [0.15, 0.2) is 24.3 Å². The van der Waals surface area contributed by atoms with Gasteiger partial charge in [-0.1, -0.05) is 0 Å². The van der Waals surface area contributed by atoms with Gasteiger partial charge in [-0.25, -0.2) is 0 Å². The molecule has 3 N–H and O–H groups in total. The van der Waals surface area contributed by atoms with Crippen molar-refractivity contribution in [1.29, 1.82) is 0 Å². The van der Waals surface area contributed by atoms with E-state index in [4.69, 9.17) is 5.11 Å². The fraction of sp³-hybridized carbons (Fsp3) is 0.385. The lowest BCUT2D eigenvalue weighted by atomic mass is 10.1. The van der Waals surface area contributed by atoms with Crippen molar-refractivity contribution in [3.8, 4) is 0 Å². The van der Waals surface area contributed by atoms with E-state index >= 15 is 0 Å². The highest BCUT2D eigenvalue weighted by Crippen LogP contribution is 2.44. The van der Waals surface area contributed by atoms with Crippen LogP contribution in [0.4, 0.5) is 11.4 Å². The van der Waals surface area contributed by atoms with E-state index in [1.54, 1.807) is 0 Å². The van der Waals surface area contributed by atoms with E-state index in [1.165, 1.54) is 24.3 Å². The van der Waals surface area contributed by atoms with Gasteiger partial charge in [0.25, 0.3) is 5.69 Å². The number of carbonyl (C=O) groups excluding carboxylic acids is 2. The highest BCUT2D eigenvalue weighted by atomic mass is 16.6. The zero-order valence-corrected chi connectivity index (χ0v) is 11.2. The third kappa shape index (κ3) is 3.76. The van der Waals surface area contributed by atoms with Crippen LogP contribution < -0.4 is 10.6 Å². The van der Waals surface area contributed by atoms with Gasteiger partial charge in [-0.3, -0.25) is 19.7 Å². The minimum Gasteiger partial charge on any atom is -0.396 e. The monoisotopic (exact) mass is 293 g/mol. The Labute approximate surface area is 120 Å². The van der Waals surface area contributed by atoms with E-state index in [-0.39, 0.29) is 24.3 Å². The van der Waals surface area contributed by atoms with Crippen LogP contribution in [0, 0.1) is 15.5 Å². The van der Waals surface area contributed by atoms with Crippen LogP contribution in [0.3, 0.4) is 0 Å². The molecule has 21 heavy (non-hydrogen) atoms. The molecule has 2 rings (SSSR count). The molecule has 0 bridgehead atoms. The summed E-state index contributed by atoms with van der Waals surface area (Å²) in [7, 11) is 0. The molecule has 2 amide bonds. The molecule has 8 heteroatoms. The van der Waals surface area contributed by atoms with Gasteiger partial charge in [0.15, 0.2) is 0 Å². The molecule has 1 aliphatic rings. The number of rotatable bonds is 5. The summed E-state index contributed by atoms with van der Waals surface area (Å²) in [6.45, 7) is 0.243. The topological polar surface area (TPSA) is 122 Å². The molecule has 0 radical (unpaired) electrons. The van der Waals surface area contributed by atoms with Crippen LogP contribution in [-0.2, 0) is 9.59 Å². The number of anilines is 1. The van der Waals surface area contributed by atoms with Crippen LogP contribution in [0.25, 0.3) is 0 Å². The van der Waals surface area contributed by atoms with Gasteiger partial charge in [-0.05, 0) is 25.0 Å². The predicted molar refractivity (Wildman–Crippen MR) is 73.5 cm³/mol. The second-order valence-corrected chi connectivity index (χ2v) is 5.10. The first-order chi connectivity index (χ1) is 9.96. The Hall–Kier alpha value is -2.48. The van der Waals surface area contributed by atoms with Crippen LogP contribution >= 0.6 is 0 Å². The summed E-state index contributed by atoms with van der Waals surface area (Å²) >= 11 is 0. The average Bonchev–Trinajstić information content (AvgIpc) is 3.26. The number of hydrogen-bond donors (Lipinski definition) is 3. The smallest absolute Gasteiger partial charge is 0.313 e. The summed E-state index contributed by atoms with van der Waals surface area (Å²) in [5.74, 6) is -1.65. The molecule has 0 spiro atoms. The maximum absolute atomic E-state index is 11.6. The molecule has 1 aromatic carbocycles. The Morgan fingerprint density at radius 1 is 1.24 bits per heavy atom. The Bertz CT molecular complexity index is 566. The molecule has 1 aliphatic carbocycles. The van der Waals surface area contributed by atoms with Crippen molar-refractivity contribution in [1.82, 2.24) is 5.32 Å². The van der Waals surface area contributed by atoms with Crippen molar-refractivity contribution >= 4 is 23.2 Å². The van der Waals surface area contributed by atoms with Crippen molar-refractivity contribution in [3.05, 3.63) is 34.4 Å². The molecule has 0 unspecified atom stereocenters. The summed E-state index contributed by atoms with van der Waals surface area (Å²) in [5.41, 5.74) is -0.0800. The number of aliphatic hydroxyl groups excluding tert-OH is 1. The Kier molecular flexibility index (Phi) is 4.18. The lowest BCUT2D eigenvalue weighted by Gasteiger charge is -2.12. The molecule has 0 aromatic heterocycles. The first-order valence-corrected chi connectivity index (χ1v) is 6.40. The van der Waals surface area contributed by atoms with E-state index in [0.29, 0.717) is 5.69 Å². The lowest BCUT2D eigenvalue weighted by Crippen LogP contribution is -2.39. The molecular formula is C13H15N3O5. The van der Waals surface area contributed by atoms with Crippen molar-refractivity contribution in [2.24, 2.45) is 5.41 Å². The number of nitrogens with one attached hydrogen (secondary N) is 2. The Balaban J connectivity index is 1.85. The highest BCUT2D eigenvalue weighted by Gasteiger charge is 2.42. The summed E-state index contributed by atoms with van der Waals surface area (Å²) in [6.07, 6.45) is 1.65. The zero-order chi connectivity index (χ0) is 15.5. The minimum atomic E-state index is -0.849. The first-order valence-electron chi connectivity index (χ1n) is 6.40. The Morgan fingerprint density at radius 3 is 2.33 bits per heavy atom. The normalized spacial score (nSPS) is 15.1. The van der Waals surface area contributed by atoms with Gasteiger partial charge in [0.05, 0.1) is 11.5 Å². The Morgan fingerprint density at radius 2 is 1.86 bits per heavy atom. The van der Waals surface area contributed by atoms with Crippen molar-refractivity contribution < 1.29 is 19.6 Å². The van der Waals surface area contributed by atoms with Crippen LogP contribution in [-0.4, -0.2) is 35.0 Å². The fourth-order valence-corrected chi connectivity index (χ4v) is 1.77. The third-order valence-corrected chi connectivity index (χ3v) is 3.46. The molecule has 1 saturated carbocycles. The van der Waals surface area contributed by atoms with Crippen LogP contribution in [0.5, 0.6) is 0 Å². The predicted octanol–water partition coefficient (Wildman–Crippen LogP) is 0.422. The average molecular weight is 293 g/mol. The number of nitrogens with zero attached hydrogens (tertiary/aromatic N) is 1. The number of nitro benzene ring substituents is 1. The number of nitro groups is 1. The quantitative estimate of drug-likeness (QED) is 0.412. The maximum Gasteiger partial charge on any atom is 0.313 e. The number of non-ortho nitro benzene ring substituents is 1. The molecule has 0 aliphatic heterocycles. The van der Waals surface area contributed by atoms with Gasteiger partial charge in [-0.2, -0.15) is 0 Å². The standard InChI is InChI=1S/C13H15N3O5/c17-8-13(5-6-13)7-14-11(18)12(19)15-9-1-3-10(4-2-9)16(20)21/h1-4,17H,5-8H2,(H,14,18)(H,15,19). The molecule has 8 nitrogen and oxygen atoms in total. The van der Waals surface area contributed by atoms with E-state index in [1.807, 2.05) is 0 Å². The molecule has 1 aromatic rings. The van der Waals surface area contributed by atoms with E-state index < -0.39 is 16.7 Å². The number of amides is 2. The SMILES string of the molecule is O=C(NCC1(CO)CC1)C(=O)Nc1ccc([N+](=O)[O-])cc1.